The number of carbonyl (C=O) groups is 2. The molecule has 4 N–H and O–H groups in total. The second-order valence-electron chi connectivity index (χ2n) is 5.77. The summed E-state index contributed by atoms with van der Waals surface area (Å²) in [6.07, 6.45) is 3.10. The highest BCUT2D eigenvalue weighted by atomic mass is 32.2. The first-order valence-corrected chi connectivity index (χ1v) is 9.85. The number of hydrogen-bond donors (Lipinski definition) is 3. The molecule has 0 unspecified atom stereocenters. The van der Waals surface area contributed by atoms with Gasteiger partial charge in [0.1, 0.15) is 5.75 Å². The van der Waals surface area contributed by atoms with Crippen molar-refractivity contribution in [3.8, 4) is 5.75 Å². The molecule has 0 bridgehead atoms. The number of hydrogen-bond acceptors (Lipinski definition) is 5. The Hall–Kier alpha value is -3.17. The Bertz CT molecular complexity index is 952. The van der Waals surface area contributed by atoms with Crippen LogP contribution in [0.5, 0.6) is 5.75 Å². The molecular formula is C19H21N3O5S. The Kier molecular flexibility index (Phi) is 7.30. The van der Waals surface area contributed by atoms with Gasteiger partial charge in [-0.15, -0.1) is 0 Å². The van der Waals surface area contributed by atoms with Crippen molar-refractivity contribution in [2.24, 2.45) is 5.14 Å². The van der Waals surface area contributed by atoms with Crippen molar-refractivity contribution in [1.29, 1.82) is 0 Å². The predicted molar refractivity (Wildman–Crippen MR) is 106 cm³/mol. The fraction of sp³-hybridized carbons (Fsp3) is 0.158. The van der Waals surface area contributed by atoms with E-state index in [9.17, 15) is 18.0 Å². The normalized spacial score (nSPS) is 11.2. The molecule has 0 saturated carbocycles. The summed E-state index contributed by atoms with van der Waals surface area (Å²) in [6, 6.07) is 12.7. The number of methoxy groups -OCH3 is 1. The second kappa shape index (κ2) is 9.67. The highest BCUT2D eigenvalue weighted by molar-refractivity contribution is 7.89. The second-order valence-corrected chi connectivity index (χ2v) is 7.33. The Morgan fingerprint density at radius 3 is 2.29 bits per heavy atom. The zero-order chi connectivity index (χ0) is 20.6. The van der Waals surface area contributed by atoms with Crippen LogP contribution in [0.1, 0.15) is 12.0 Å². The first-order chi connectivity index (χ1) is 13.3. The number of carbonyl (C=O) groups excluding carboxylic acids is 2. The predicted octanol–water partition coefficient (Wildman–Crippen LogP) is 1.50. The number of ether oxygens (including phenoxy) is 1. The SMILES string of the molecule is COc1ccc(/C=C/C(=O)NCCC(=O)Nc2ccc(S(N)(=O)=O)cc2)cc1. The van der Waals surface area contributed by atoms with Crippen molar-refractivity contribution in [3.05, 3.63) is 60.2 Å². The Morgan fingerprint density at radius 1 is 1.07 bits per heavy atom. The minimum absolute atomic E-state index is 0.0404. The first kappa shape index (κ1) is 21.1. The summed E-state index contributed by atoms with van der Waals surface area (Å²) in [5.41, 5.74) is 1.28. The van der Waals surface area contributed by atoms with E-state index in [1.54, 1.807) is 25.3 Å². The van der Waals surface area contributed by atoms with Gasteiger partial charge in [0.05, 0.1) is 12.0 Å². The third-order valence-corrected chi connectivity index (χ3v) is 4.59. The number of benzene rings is 2. The molecule has 0 saturated heterocycles. The maximum absolute atomic E-state index is 11.9. The summed E-state index contributed by atoms with van der Waals surface area (Å²) < 4.78 is 27.4. The number of rotatable bonds is 8. The number of nitrogens with two attached hydrogens (primary N) is 1. The first-order valence-electron chi connectivity index (χ1n) is 8.30. The Morgan fingerprint density at radius 2 is 1.71 bits per heavy atom. The lowest BCUT2D eigenvalue weighted by molar-refractivity contribution is -0.117. The van der Waals surface area contributed by atoms with Crippen LogP contribution in [-0.2, 0) is 19.6 Å². The maximum Gasteiger partial charge on any atom is 0.244 e. The summed E-state index contributed by atoms with van der Waals surface area (Å²) in [5.74, 6) is 0.0934. The average Bonchev–Trinajstić information content (AvgIpc) is 2.66. The molecule has 9 heteroatoms. The van der Waals surface area contributed by atoms with Crippen molar-refractivity contribution in [3.63, 3.8) is 0 Å². The van der Waals surface area contributed by atoms with Gasteiger partial charge in [0.2, 0.25) is 21.8 Å². The highest BCUT2D eigenvalue weighted by Crippen LogP contribution is 2.13. The summed E-state index contributed by atoms with van der Waals surface area (Å²) in [5, 5.41) is 10.2. The fourth-order valence-corrected chi connectivity index (χ4v) is 2.71. The summed E-state index contributed by atoms with van der Waals surface area (Å²) in [6.45, 7) is 0.160. The van der Waals surface area contributed by atoms with E-state index >= 15 is 0 Å². The van der Waals surface area contributed by atoms with Crippen LogP contribution < -0.4 is 20.5 Å². The third-order valence-electron chi connectivity index (χ3n) is 3.66. The van der Waals surface area contributed by atoms with Crippen molar-refractivity contribution in [1.82, 2.24) is 5.32 Å². The molecule has 0 spiro atoms. The van der Waals surface area contributed by atoms with Gasteiger partial charge in [-0.1, -0.05) is 12.1 Å². The molecular weight excluding hydrogens is 382 g/mol. The molecule has 148 valence electrons. The molecule has 0 fully saturated rings. The van der Waals surface area contributed by atoms with E-state index < -0.39 is 10.0 Å². The summed E-state index contributed by atoms with van der Waals surface area (Å²) >= 11 is 0. The lowest BCUT2D eigenvalue weighted by Crippen LogP contribution is -2.26. The van der Waals surface area contributed by atoms with Crippen molar-refractivity contribution in [2.45, 2.75) is 11.3 Å². The van der Waals surface area contributed by atoms with Crippen molar-refractivity contribution >= 4 is 33.6 Å². The molecule has 2 aromatic carbocycles. The van der Waals surface area contributed by atoms with Gasteiger partial charge in [-0.2, -0.15) is 0 Å². The molecule has 0 heterocycles. The maximum atomic E-state index is 11.9. The van der Waals surface area contributed by atoms with Crippen LogP contribution in [0.25, 0.3) is 6.08 Å². The van der Waals surface area contributed by atoms with Gasteiger partial charge in [-0.25, -0.2) is 13.6 Å². The lowest BCUT2D eigenvalue weighted by atomic mass is 10.2. The van der Waals surface area contributed by atoms with Gasteiger partial charge in [0, 0.05) is 24.7 Å². The number of amides is 2. The summed E-state index contributed by atoms with van der Waals surface area (Å²) in [4.78, 5) is 23.6. The van der Waals surface area contributed by atoms with Crippen molar-refractivity contribution < 1.29 is 22.7 Å². The molecule has 2 rings (SSSR count). The molecule has 0 aliphatic rings. The van der Waals surface area contributed by atoms with E-state index in [-0.39, 0.29) is 29.7 Å². The fourth-order valence-electron chi connectivity index (χ4n) is 2.20. The Labute approximate surface area is 163 Å². The Balaban J connectivity index is 1.75. The number of anilines is 1. The minimum Gasteiger partial charge on any atom is -0.497 e. The quantitative estimate of drug-likeness (QED) is 0.576. The monoisotopic (exact) mass is 403 g/mol. The van der Waals surface area contributed by atoms with E-state index in [2.05, 4.69) is 10.6 Å². The van der Waals surface area contributed by atoms with Crippen LogP contribution in [0, 0.1) is 0 Å². The van der Waals surface area contributed by atoms with Gasteiger partial charge in [-0.3, -0.25) is 9.59 Å². The minimum atomic E-state index is -3.77. The largest absolute Gasteiger partial charge is 0.497 e. The zero-order valence-electron chi connectivity index (χ0n) is 15.2. The van der Waals surface area contributed by atoms with E-state index in [4.69, 9.17) is 9.88 Å². The molecule has 2 aromatic rings. The standard InChI is InChI=1S/C19H21N3O5S/c1-27-16-7-2-14(3-8-16)4-11-18(23)21-13-12-19(24)22-15-5-9-17(10-6-15)28(20,25)26/h2-11H,12-13H2,1H3,(H,21,23)(H,22,24)(H2,20,25,26)/b11-4+. The molecule has 0 aliphatic heterocycles. The lowest BCUT2D eigenvalue weighted by Gasteiger charge is -2.06. The van der Waals surface area contributed by atoms with Crippen LogP contribution in [0.2, 0.25) is 0 Å². The van der Waals surface area contributed by atoms with E-state index in [1.165, 1.54) is 30.3 Å². The third kappa shape index (κ3) is 6.86. The van der Waals surface area contributed by atoms with Gasteiger partial charge in [0.25, 0.3) is 0 Å². The van der Waals surface area contributed by atoms with Gasteiger partial charge in [-0.05, 0) is 48.0 Å². The van der Waals surface area contributed by atoms with Crippen LogP contribution in [-0.4, -0.2) is 33.9 Å². The van der Waals surface area contributed by atoms with E-state index in [1.807, 2.05) is 12.1 Å². The highest BCUT2D eigenvalue weighted by Gasteiger charge is 2.08. The van der Waals surface area contributed by atoms with Crippen LogP contribution in [0.15, 0.2) is 59.5 Å². The smallest absolute Gasteiger partial charge is 0.244 e. The van der Waals surface area contributed by atoms with Gasteiger partial charge >= 0.3 is 0 Å². The van der Waals surface area contributed by atoms with Crippen LogP contribution >= 0.6 is 0 Å². The summed E-state index contributed by atoms with van der Waals surface area (Å²) in [7, 11) is -2.20. The molecule has 0 aliphatic carbocycles. The molecule has 2 amide bonds. The van der Waals surface area contributed by atoms with E-state index in [0.717, 1.165) is 11.3 Å². The topological polar surface area (TPSA) is 128 Å². The average molecular weight is 403 g/mol. The number of primary sulfonamides is 1. The van der Waals surface area contributed by atoms with E-state index in [0.29, 0.717) is 5.69 Å². The van der Waals surface area contributed by atoms with Crippen LogP contribution in [0.4, 0.5) is 5.69 Å². The molecule has 0 atom stereocenters. The molecule has 28 heavy (non-hydrogen) atoms. The molecule has 8 nitrogen and oxygen atoms in total. The zero-order valence-corrected chi connectivity index (χ0v) is 16.0. The molecule has 0 radical (unpaired) electrons. The van der Waals surface area contributed by atoms with Crippen LogP contribution in [0.3, 0.4) is 0 Å². The number of sulfonamides is 1. The molecule has 0 aromatic heterocycles. The van der Waals surface area contributed by atoms with Crippen molar-refractivity contribution in [2.75, 3.05) is 19.0 Å². The van der Waals surface area contributed by atoms with Gasteiger partial charge in [0.15, 0.2) is 0 Å². The van der Waals surface area contributed by atoms with Gasteiger partial charge < -0.3 is 15.4 Å². The number of nitrogens with one attached hydrogen (secondary N) is 2.